The lowest BCUT2D eigenvalue weighted by molar-refractivity contribution is -0.104. The van der Waals surface area contributed by atoms with Crippen molar-refractivity contribution in [2.45, 2.75) is 82.8 Å². The molecule has 0 amide bonds. The zero-order valence-electron chi connectivity index (χ0n) is 10.7. The third-order valence-corrected chi connectivity index (χ3v) is 3.54. The number of nitrogens with one attached hydrogen (secondary N) is 1. The zero-order valence-corrected chi connectivity index (χ0v) is 10.7. The number of rotatable bonds is 3. The molecule has 2 aliphatic rings. The van der Waals surface area contributed by atoms with Gasteiger partial charge in [-0.1, -0.05) is 0 Å². The first-order valence-electron chi connectivity index (χ1n) is 6.56. The Hall–Kier alpha value is -0.120. The van der Waals surface area contributed by atoms with Crippen molar-refractivity contribution in [2.75, 3.05) is 0 Å². The topological polar surface area (TPSA) is 41.5 Å². The van der Waals surface area contributed by atoms with Crippen molar-refractivity contribution in [1.82, 2.24) is 5.32 Å². The lowest BCUT2D eigenvalue weighted by Gasteiger charge is -2.41. The molecule has 0 spiro atoms. The molecule has 3 nitrogen and oxygen atoms in total. The Bertz CT molecular complexity index is 231. The summed E-state index contributed by atoms with van der Waals surface area (Å²) in [5.74, 6) is 0. The summed E-state index contributed by atoms with van der Waals surface area (Å²) in [4.78, 5) is 0. The second-order valence-corrected chi connectivity index (χ2v) is 6.29. The van der Waals surface area contributed by atoms with Crippen molar-refractivity contribution in [3.63, 3.8) is 0 Å². The Morgan fingerprint density at radius 2 is 1.88 bits per heavy atom. The second-order valence-electron chi connectivity index (χ2n) is 6.29. The van der Waals surface area contributed by atoms with Crippen LogP contribution in [0.5, 0.6) is 0 Å². The molecule has 16 heavy (non-hydrogen) atoms. The van der Waals surface area contributed by atoms with Crippen molar-refractivity contribution in [3.05, 3.63) is 0 Å². The van der Waals surface area contributed by atoms with E-state index in [9.17, 15) is 5.11 Å². The molecule has 0 aromatic rings. The van der Waals surface area contributed by atoms with Gasteiger partial charge in [-0.15, -0.1) is 0 Å². The molecule has 0 aromatic heterocycles. The first-order valence-corrected chi connectivity index (χ1v) is 6.56. The summed E-state index contributed by atoms with van der Waals surface area (Å²) in [6.45, 7) is 6.32. The van der Waals surface area contributed by atoms with Gasteiger partial charge in [0.1, 0.15) is 0 Å². The van der Waals surface area contributed by atoms with E-state index in [1.54, 1.807) is 0 Å². The van der Waals surface area contributed by atoms with E-state index >= 15 is 0 Å². The number of hydrogen-bond acceptors (Lipinski definition) is 3. The summed E-state index contributed by atoms with van der Waals surface area (Å²) in [7, 11) is 0. The predicted molar refractivity (Wildman–Crippen MR) is 64.4 cm³/mol. The van der Waals surface area contributed by atoms with Crippen LogP contribution in [0.25, 0.3) is 0 Å². The minimum atomic E-state index is -0.123. The van der Waals surface area contributed by atoms with E-state index in [2.05, 4.69) is 26.1 Å². The van der Waals surface area contributed by atoms with Gasteiger partial charge in [-0.3, -0.25) is 0 Å². The van der Waals surface area contributed by atoms with Gasteiger partial charge < -0.3 is 15.2 Å². The summed E-state index contributed by atoms with van der Waals surface area (Å²) in [5.41, 5.74) is -0.0253. The predicted octanol–water partition coefficient (Wildman–Crippen LogP) is 1.84. The molecule has 2 unspecified atom stereocenters. The molecule has 94 valence electrons. The Morgan fingerprint density at radius 3 is 2.38 bits per heavy atom. The molecule has 0 aliphatic heterocycles. The van der Waals surface area contributed by atoms with Crippen molar-refractivity contribution in [1.29, 1.82) is 0 Å². The summed E-state index contributed by atoms with van der Waals surface area (Å²) >= 11 is 0. The fraction of sp³-hybridized carbons (Fsp3) is 1.00. The molecule has 0 radical (unpaired) electrons. The fourth-order valence-electron chi connectivity index (χ4n) is 2.74. The number of aliphatic hydroxyl groups is 1. The molecule has 0 aromatic carbocycles. The molecule has 3 heteroatoms. The van der Waals surface area contributed by atoms with Crippen LogP contribution >= 0.6 is 0 Å². The van der Waals surface area contributed by atoms with E-state index in [0.717, 1.165) is 32.1 Å². The number of hydrogen-bond donors (Lipinski definition) is 2. The van der Waals surface area contributed by atoms with Gasteiger partial charge in [0.25, 0.3) is 0 Å². The van der Waals surface area contributed by atoms with E-state index in [1.165, 1.54) is 0 Å². The Kier molecular flexibility index (Phi) is 3.57. The molecule has 2 saturated carbocycles. The van der Waals surface area contributed by atoms with Crippen LogP contribution in [0.4, 0.5) is 0 Å². The Morgan fingerprint density at radius 1 is 1.19 bits per heavy atom. The van der Waals surface area contributed by atoms with E-state index in [1.807, 2.05) is 0 Å². The highest BCUT2D eigenvalue weighted by Gasteiger charge is 2.36. The summed E-state index contributed by atoms with van der Waals surface area (Å²) < 4.78 is 5.89. The summed E-state index contributed by atoms with van der Waals surface area (Å²) in [6.07, 6.45) is 5.74. The lowest BCUT2D eigenvalue weighted by atomic mass is 9.87. The van der Waals surface area contributed by atoms with Gasteiger partial charge in [0, 0.05) is 12.1 Å². The fourth-order valence-corrected chi connectivity index (χ4v) is 2.74. The van der Waals surface area contributed by atoms with Gasteiger partial charge in [-0.05, 0) is 52.9 Å². The van der Waals surface area contributed by atoms with Gasteiger partial charge in [0.15, 0.2) is 0 Å². The van der Waals surface area contributed by atoms with Crippen molar-refractivity contribution in [3.8, 4) is 0 Å². The highest BCUT2D eigenvalue weighted by atomic mass is 16.5. The second kappa shape index (κ2) is 4.63. The first-order chi connectivity index (χ1) is 7.44. The highest BCUT2D eigenvalue weighted by molar-refractivity contribution is 4.93. The maximum atomic E-state index is 9.72. The molecule has 0 bridgehead atoms. The molecule has 2 rings (SSSR count). The lowest BCUT2D eigenvalue weighted by Crippen LogP contribution is -2.52. The van der Waals surface area contributed by atoms with E-state index in [-0.39, 0.29) is 11.7 Å². The smallest absolute Gasteiger partial charge is 0.0693 e. The molecule has 2 fully saturated rings. The van der Waals surface area contributed by atoms with Crippen molar-refractivity contribution in [2.24, 2.45) is 0 Å². The Labute approximate surface area is 98.6 Å². The minimum absolute atomic E-state index is 0.0253. The number of ether oxygens (including phenoxy) is 1. The molecule has 2 atom stereocenters. The molecule has 0 saturated heterocycles. The average molecular weight is 227 g/mol. The maximum Gasteiger partial charge on any atom is 0.0693 e. The highest BCUT2D eigenvalue weighted by Crippen LogP contribution is 2.29. The molecular formula is C13H25NO2. The van der Waals surface area contributed by atoms with Crippen LogP contribution in [0.3, 0.4) is 0 Å². The average Bonchev–Trinajstić information content (AvgIpc) is 2.46. The number of aliphatic hydroxyl groups excluding tert-OH is 1. The van der Waals surface area contributed by atoms with E-state index in [4.69, 9.17) is 4.74 Å². The normalized spacial score (nSPS) is 39.8. The van der Waals surface area contributed by atoms with Crippen LogP contribution in [-0.2, 0) is 4.74 Å². The maximum absolute atomic E-state index is 9.72. The minimum Gasteiger partial charge on any atom is -0.392 e. The van der Waals surface area contributed by atoms with E-state index < -0.39 is 0 Å². The molecular weight excluding hydrogens is 202 g/mol. The van der Waals surface area contributed by atoms with Crippen LogP contribution in [0.1, 0.15) is 52.9 Å². The van der Waals surface area contributed by atoms with Gasteiger partial charge in [-0.25, -0.2) is 0 Å². The zero-order chi connectivity index (χ0) is 11.8. The van der Waals surface area contributed by atoms with Crippen LogP contribution < -0.4 is 5.32 Å². The van der Waals surface area contributed by atoms with Crippen LogP contribution in [0, 0.1) is 0 Å². The molecule has 0 heterocycles. The monoisotopic (exact) mass is 227 g/mol. The van der Waals surface area contributed by atoms with Gasteiger partial charge in [-0.2, -0.15) is 0 Å². The largest absolute Gasteiger partial charge is 0.392 e. The van der Waals surface area contributed by atoms with Crippen molar-refractivity contribution >= 4 is 0 Å². The van der Waals surface area contributed by atoms with Crippen molar-refractivity contribution < 1.29 is 9.84 Å². The third kappa shape index (κ3) is 3.19. The van der Waals surface area contributed by atoms with Crippen LogP contribution in [0.2, 0.25) is 0 Å². The summed E-state index contributed by atoms with van der Waals surface area (Å²) in [5, 5.41) is 13.3. The van der Waals surface area contributed by atoms with Crippen LogP contribution in [0.15, 0.2) is 0 Å². The first kappa shape index (κ1) is 12.3. The third-order valence-electron chi connectivity index (χ3n) is 3.54. The quantitative estimate of drug-likeness (QED) is 0.773. The van der Waals surface area contributed by atoms with Gasteiger partial charge in [0.2, 0.25) is 0 Å². The van der Waals surface area contributed by atoms with E-state index in [0.29, 0.717) is 18.2 Å². The molecule has 2 N–H and O–H groups in total. The van der Waals surface area contributed by atoms with Gasteiger partial charge in [0.05, 0.1) is 17.8 Å². The van der Waals surface area contributed by atoms with Gasteiger partial charge >= 0.3 is 0 Å². The Balaban J connectivity index is 1.65. The summed E-state index contributed by atoms with van der Waals surface area (Å²) in [6, 6.07) is 0.894. The SMILES string of the molecule is CC(C)(C)OC1CC(NC2CCCC2O)C1. The standard InChI is InChI=1S/C13H25NO2/c1-13(2,3)16-10-7-9(8-10)14-11-5-4-6-12(11)15/h9-12,14-15H,4-8H2,1-3H3. The molecule has 2 aliphatic carbocycles. The van der Waals surface area contributed by atoms with Crippen LogP contribution in [-0.4, -0.2) is 35.0 Å².